The van der Waals surface area contributed by atoms with E-state index >= 15 is 0 Å². The lowest BCUT2D eigenvalue weighted by atomic mass is 9.94. The van der Waals surface area contributed by atoms with E-state index in [4.69, 9.17) is 5.73 Å². The van der Waals surface area contributed by atoms with Crippen molar-refractivity contribution >= 4 is 11.8 Å². The molecule has 3 atom stereocenters. The highest BCUT2D eigenvalue weighted by Gasteiger charge is 2.35. The minimum atomic E-state index is -0.202. The van der Waals surface area contributed by atoms with E-state index in [1.54, 1.807) is 0 Å². The summed E-state index contributed by atoms with van der Waals surface area (Å²) in [5, 5.41) is 0. The van der Waals surface area contributed by atoms with Crippen molar-refractivity contribution in [1.29, 1.82) is 0 Å². The number of amides is 2. The molecule has 0 spiro atoms. The van der Waals surface area contributed by atoms with Crippen LogP contribution in [0, 0.1) is 5.92 Å². The number of primary amides is 1. The summed E-state index contributed by atoms with van der Waals surface area (Å²) in [5.74, 6) is 0.0236. The molecule has 2 amide bonds. The van der Waals surface area contributed by atoms with Gasteiger partial charge in [-0.2, -0.15) is 0 Å². The second-order valence-electron chi connectivity index (χ2n) is 6.76. The number of carbonyl (C=O) groups excluding carboxylic acids is 2. The van der Waals surface area contributed by atoms with E-state index < -0.39 is 0 Å². The highest BCUT2D eigenvalue weighted by Crippen LogP contribution is 2.25. The zero-order valence-corrected chi connectivity index (χ0v) is 13.5. The number of carbonyl (C=O) groups is 2. The molecule has 120 valence electrons. The molecule has 0 aliphatic carbocycles. The quantitative estimate of drug-likeness (QED) is 0.855. The van der Waals surface area contributed by atoms with Crippen LogP contribution in [0.25, 0.3) is 0 Å². The Labute approximate surface area is 127 Å². The number of nitrogens with zero attached hydrogens (tertiary/aromatic N) is 2. The normalized spacial score (nSPS) is 30.1. The average Bonchev–Trinajstić information content (AvgIpc) is 2.46. The molecule has 5 heteroatoms. The largest absolute Gasteiger partial charge is 0.369 e. The lowest BCUT2D eigenvalue weighted by molar-refractivity contribution is -0.143. The van der Waals surface area contributed by atoms with Crippen LogP contribution in [-0.4, -0.2) is 52.8 Å². The summed E-state index contributed by atoms with van der Waals surface area (Å²) in [5.41, 5.74) is 5.37. The van der Waals surface area contributed by atoms with Gasteiger partial charge in [0.2, 0.25) is 11.8 Å². The van der Waals surface area contributed by atoms with E-state index in [1.807, 2.05) is 6.92 Å². The van der Waals surface area contributed by atoms with Gasteiger partial charge in [0.25, 0.3) is 0 Å². The zero-order valence-electron chi connectivity index (χ0n) is 13.5. The van der Waals surface area contributed by atoms with Crippen molar-refractivity contribution < 1.29 is 9.59 Å². The lowest BCUT2D eigenvalue weighted by Gasteiger charge is -2.43. The highest BCUT2D eigenvalue weighted by atomic mass is 16.2. The number of piperidine rings is 2. The fraction of sp³-hybridized carbons (Fsp3) is 0.875. The molecule has 0 unspecified atom stereocenters. The van der Waals surface area contributed by atoms with Crippen molar-refractivity contribution in [2.75, 3.05) is 13.1 Å². The fourth-order valence-corrected chi connectivity index (χ4v) is 3.80. The SMILES string of the molecule is C[C@H](C(=O)N1[C@H](C)CCC[C@H]1C)N1CCC(C(N)=O)CC1. The summed E-state index contributed by atoms with van der Waals surface area (Å²) >= 11 is 0. The van der Waals surface area contributed by atoms with Crippen LogP contribution < -0.4 is 5.73 Å². The van der Waals surface area contributed by atoms with Gasteiger partial charge in [-0.1, -0.05) is 0 Å². The lowest BCUT2D eigenvalue weighted by Crippen LogP contribution is -2.56. The summed E-state index contributed by atoms with van der Waals surface area (Å²) < 4.78 is 0. The average molecular weight is 295 g/mol. The first kappa shape index (κ1) is 16.3. The number of rotatable bonds is 3. The molecule has 2 saturated heterocycles. The number of hydrogen-bond acceptors (Lipinski definition) is 3. The van der Waals surface area contributed by atoms with E-state index in [2.05, 4.69) is 23.6 Å². The van der Waals surface area contributed by atoms with E-state index in [9.17, 15) is 9.59 Å². The summed E-state index contributed by atoms with van der Waals surface area (Å²) in [6, 6.07) is 0.584. The summed E-state index contributed by atoms with van der Waals surface area (Å²) in [6.07, 6.45) is 4.97. The maximum atomic E-state index is 12.8. The van der Waals surface area contributed by atoms with E-state index in [0.29, 0.717) is 12.1 Å². The maximum absolute atomic E-state index is 12.8. The van der Waals surface area contributed by atoms with Crippen molar-refractivity contribution in [3.63, 3.8) is 0 Å². The first-order valence-corrected chi connectivity index (χ1v) is 8.27. The van der Waals surface area contributed by atoms with Crippen LogP contribution in [0.15, 0.2) is 0 Å². The van der Waals surface area contributed by atoms with E-state index in [0.717, 1.165) is 38.8 Å². The van der Waals surface area contributed by atoms with Crippen molar-refractivity contribution in [2.45, 2.75) is 71.0 Å². The molecule has 2 heterocycles. The van der Waals surface area contributed by atoms with Crippen LogP contribution >= 0.6 is 0 Å². The number of hydrogen-bond donors (Lipinski definition) is 1. The monoisotopic (exact) mass is 295 g/mol. The number of nitrogens with two attached hydrogens (primary N) is 1. The second-order valence-corrected chi connectivity index (χ2v) is 6.76. The molecule has 0 saturated carbocycles. The van der Waals surface area contributed by atoms with Crippen molar-refractivity contribution in [3.05, 3.63) is 0 Å². The standard InChI is InChI=1S/C16H29N3O2/c1-11-5-4-6-12(2)19(11)16(21)13(3)18-9-7-14(8-10-18)15(17)20/h11-14H,4-10H2,1-3H3,(H2,17,20)/t11-,12-,13-/m1/s1. The van der Waals surface area contributed by atoms with Gasteiger partial charge in [-0.05, 0) is 66.0 Å². The molecule has 0 aromatic carbocycles. The van der Waals surface area contributed by atoms with Gasteiger partial charge < -0.3 is 10.6 Å². The third-order valence-electron chi connectivity index (χ3n) is 5.29. The van der Waals surface area contributed by atoms with Crippen LogP contribution in [0.5, 0.6) is 0 Å². The molecule has 0 aromatic heterocycles. The number of likely N-dealkylation sites (tertiary alicyclic amines) is 2. The van der Waals surface area contributed by atoms with Crippen molar-refractivity contribution in [3.8, 4) is 0 Å². The Kier molecular flexibility index (Phi) is 5.25. The van der Waals surface area contributed by atoms with Gasteiger partial charge in [0.1, 0.15) is 0 Å². The Morgan fingerprint density at radius 3 is 2.05 bits per heavy atom. The van der Waals surface area contributed by atoms with Gasteiger partial charge in [-0.15, -0.1) is 0 Å². The Balaban J connectivity index is 1.95. The van der Waals surface area contributed by atoms with Gasteiger partial charge in [-0.3, -0.25) is 14.5 Å². The van der Waals surface area contributed by atoms with Gasteiger partial charge >= 0.3 is 0 Å². The molecule has 2 aliphatic heterocycles. The maximum Gasteiger partial charge on any atom is 0.240 e. The third-order valence-corrected chi connectivity index (χ3v) is 5.29. The second kappa shape index (κ2) is 6.77. The van der Waals surface area contributed by atoms with Crippen LogP contribution in [-0.2, 0) is 9.59 Å². The fourth-order valence-electron chi connectivity index (χ4n) is 3.80. The molecule has 2 aliphatic rings. The molecular formula is C16H29N3O2. The predicted octanol–water partition coefficient (Wildman–Crippen LogP) is 1.36. The molecule has 21 heavy (non-hydrogen) atoms. The van der Waals surface area contributed by atoms with Gasteiger partial charge in [0, 0.05) is 18.0 Å². The molecule has 0 bridgehead atoms. The van der Waals surface area contributed by atoms with Crippen LogP contribution in [0.2, 0.25) is 0 Å². The summed E-state index contributed by atoms with van der Waals surface area (Å²) in [4.78, 5) is 28.3. The molecule has 2 N–H and O–H groups in total. The first-order chi connectivity index (χ1) is 9.91. The minimum absolute atomic E-state index is 0.0172. The minimum Gasteiger partial charge on any atom is -0.369 e. The molecule has 5 nitrogen and oxygen atoms in total. The van der Waals surface area contributed by atoms with Crippen molar-refractivity contribution in [2.24, 2.45) is 11.7 Å². The zero-order chi connectivity index (χ0) is 15.6. The van der Waals surface area contributed by atoms with Crippen LogP contribution in [0.4, 0.5) is 0 Å². The Morgan fingerprint density at radius 1 is 1.05 bits per heavy atom. The molecular weight excluding hydrogens is 266 g/mol. The molecule has 2 rings (SSSR count). The summed E-state index contributed by atoms with van der Waals surface area (Å²) in [7, 11) is 0. The van der Waals surface area contributed by atoms with E-state index in [-0.39, 0.29) is 23.8 Å². The topological polar surface area (TPSA) is 66.6 Å². The Morgan fingerprint density at radius 2 is 1.57 bits per heavy atom. The summed E-state index contributed by atoms with van der Waals surface area (Å²) in [6.45, 7) is 7.88. The van der Waals surface area contributed by atoms with Gasteiger partial charge in [0.05, 0.1) is 6.04 Å². The first-order valence-electron chi connectivity index (χ1n) is 8.27. The molecule has 0 aromatic rings. The highest BCUT2D eigenvalue weighted by molar-refractivity contribution is 5.82. The Bertz CT molecular complexity index is 381. The van der Waals surface area contributed by atoms with Gasteiger partial charge in [0.15, 0.2) is 0 Å². The van der Waals surface area contributed by atoms with Crippen molar-refractivity contribution in [1.82, 2.24) is 9.80 Å². The van der Waals surface area contributed by atoms with Gasteiger partial charge in [-0.25, -0.2) is 0 Å². The van der Waals surface area contributed by atoms with E-state index in [1.165, 1.54) is 6.42 Å². The third kappa shape index (κ3) is 3.57. The van der Waals surface area contributed by atoms with Crippen LogP contribution in [0.3, 0.4) is 0 Å². The Hall–Kier alpha value is -1.10. The van der Waals surface area contributed by atoms with Crippen LogP contribution in [0.1, 0.15) is 52.9 Å². The smallest absolute Gasteiger partial charge is 0.240 e. The predicted molar refractivity (Wildman–Crippen MR) is 82.6 cm³/mol. The molecule has 2 fully saturated rings. The molecule has 0 radical (unpaired) electrons.